The molecule has 2 rings (SSSR count). The summed E-state index contributed by atoms with van der Waals surface area (Å²) in [6.07, 6.45) is 0.336. The molecule has 0 unspecified atom stereocenters. The summed E-state index contributed by atoms with van der Waals surface area (Å²) in [5, 5.41) is 17.6. The van der Waals surface area contributed by atoms with Gasteiger partial charge in [-0.3, -0.25) is 4.79 Å². The fourth-order valence-corrected chi connectivity index (χ4v) is 1.86. The Morgan fingerprint density at radius 3 is 2.43 bits per heavy atom. The highest BCUT2D eigenvalue weighted by atomic mass is 16.5. The first-order chi connectivity index (χ1) is 10.1. The van der Waals surface area contributed by atoms with Crippen molar-refractivity contribution in [2.45, 2.75) is 13.3 Å². The Morgan fingerprint density at radius 2 is 1.86 bits per heavy atom. The van der Waals surface area contributed by atoms with Gasteiger partial charge in [0.25, 0.3) is 0 Å². The van der Waals surface area contributed by atoms with E-state index in [4.69, 9.17) is 15.3 Å². The molecule has 102 valence electrons. The molecule has 0 aliphatic carbocycles. The zero-order valence-electron chi connectivity index (χ0n) is 11.5. The number of hydrogen-bond donors (Lipinski definition) is 0. The molecule has 0 amide bonds. The molecule has 0 aliphatic heterocycles. The van der Waals surface area contributed by atoms with Crippen LogP contribution in [-0.4, -0.2) is 5.78 Å². The van der Waals surface area contributed by atoms with Gasteiger partial charge in [0.1, 0.15) is 11.5 Å². The lowest BCUT2D eigenvalue weighted by Crippen LogP contribution is -1.98. The van der Waals surface area contributed by atoms with Gasteiger partial charge >= 0.3 is 0 Å². The number of hydrogen-bond acceptors (Lipinski definition) is 4. The summed E-state index contributed by atoms with van der Waals surface area (Å²) in [5.74, 6) is 0.777. The second-order valence-corrected chi connectivity index (χ2v) is 4.46. The first kappa shape index (κ1) is 14.3. The number of ether oxygens (including phenoxy) is 1. The van der Waals surface area contributed by atoms with E-state index in [1.807, 2.05) is 6.07 Å². The summed E-state index contributed by atoms with van der Waals surface area (Å²) in [6.45, 7) is 1.45. The van der Waals surface area contributed by atoms with Gasteiger partial charge in [-0.05, 0) is 42.8 Å². The van der Waals surface area contributed by atoms with Crippen molar-refractivity contribution in [2.24, 2.45) is 0 Å². The quantitative estimate of drug-likeness (QED) is 0.799. The Hall–Kier alpha value is -3.11. The molecule has 0 aliphatic rings. The van der Waals surface area contributed by atoms with E-state index in [0.717, 1.165) is 5.56 Å². The van der Waals surface area contributed by atoms with Crippen LogP contribution in [0.1, 0.15) is 28.4 Å². The molecule has 0 atom stereocenters. The predicted molar refractivity (Wildman–Crippen MR) is 77.0 cm³/mol. The normalized spacial score (nSPS) is 9.48. The lowest BCUT2D eigenvalue weighted by atomic mass is 10.1. The zero-order chi connectivity index (χ0) is 15.2. The van der Waals surface area contributed by atoms with E-state index in [2.05, 4.69) is 6.07 Å². The average Bonchev–Trinajstić information content (AvgIpc) is 2.49. The third kappa shape index (κ3) is 3.46. The standard InChI is InChI=1S/C17H12N2O2/c1-12(20)16-7-4-14(11-19)10-17(16)21-15-5-2-13(3-6-15)8-9-18/h2-7,10H,8H2,1H3. The van der Waals surface area contributed by atoms with E-state index in [9.17, 15) is 4.79 Å². The lowest BCUT2D eigenvalue weighted by molar-refractivity contribution is 0.101. The summed E-state index contributed by atoms with van der Waals surface area (Å²) < 4.78 is 5.69. The Kier molecular flexibility index (Phi) is 4.33. The Balaban J connectivity index is 2.32. The van der Waals surface area contributed by atoms with Crippen molar-refractivity contribution in [1.29, 1.82) is 10.5 Å². The molecule has 0 aromatic heterocycles. The van der Waals surface area contributed by atoms with Crippen LogP contribution in [-0.2, 0) is 6.42 Å². The van der Waals surface area contributed by atoms with Crippen LogP contribution >= 0.6 is 0 Å². The van der Waals surface area contributed by atoms with E-state index in [1.165, 1.54) is 6.92 Å². The summed E-state index contributed by atoms with van der Waals surface area (Å²) in [5.41, 5.74) is 1.74. The van der Waals surface area contributed by atoms with Gasteiger partial charge in [-0.15, -0.1) is 0 Å². The van der Waals surface area contributed by atoms with Crippen LogP contribution in [0.5, 0.6) is 11.5 Å². The number of rotatable bonds is 4. The van der Waals surface area contributed by atoms with Gasteiger partial charge in [-0.1, -0.05) is 12.1 Å². The van der Waals surface area contributed by atoms with Crippen LogP contribution in [0.4, 0.5) is 0 Å². The van der Waals surface area contributed by atoms with Crippen LogP contribution in [0.15, 0.2) is 42.5 Å². The minimum atomic E-state index is -0.129. The summed E-state index contributed by atoms with van der Waals surface area (Å²) in [4.78, 5) is 11.6. The van der Waals surface area contributed by atoms with Crippen LogP contribution in [0, 0.1) is 22.7 Å². The topological polar surface area (TPSA) is 73.9 Å². The number of Topliss-reactive ketones (excluding diaryl/α,β-unsaturated/α-hetero) is 1. The number of nitrogens with zero attached hydrogens (tertiary/aromatic N) is 2. The van der Waals surface area contributed by atoms with E-state index in [0.29, 0.717) is 29.0 Å². The van der Waals surface area contributed by atoms with E-state index in [-0.39, 0.29) is 5.78 Å². The van der Waals surface area contributed by atoms with Crippen molar-refractivity contribution in [3.05, 3.63) is 59.2 Å². The van der Waals surface area contributed by atoms with Crippen molar-refractivity contribution in [3.8, 4) is 23.6 Å². The molecule has 0 bridgehead atoms. The predicted octanol–water partition coefficient (Wildman–Crippen LogP) is 3.62. The molecule has 4 heteroatoms. The third-order valence-electron chi connectivity index (χ3n) is 2.92. The lowest BCUT2D eigenvalue weighted by Gasteiger charge is -2.10. The molecule has 0 spiro atoms. The molecule has 21 heavy (non-hydrogen) atoms. The number of carbonyl (C=O) groups excluding carboxylic acids is 1. The Labute approximate surface area is 122 Å². The maximum atomic E-state index is 11.6. The highest BCUT2D eigenvalue weighted by molar-refractivity contribution is 5.97. The molecule has 4 nitrogen and oxygen atoms in total. The van der Waals surface area contributed by atoms with Gasteiger partial charge < -0.3 is 4.74 Å². The first-order valence-corrected chi connectivity index (χ1v) is 6.33. The minimum Gasteiger partial charge on any atom is -0.457 e. The largest absolute Gasteiger partial charge is 0.457 e. The molecule has 2 aromatic rings. The monoisotopic (exact) mass is 276 g/mol. The van der Waals surface area contributed by atoms with Crippen molar-refractivity contribution >= 4 is 5.78 Å². The van der Waals surface area contributed by atoms with Gasteiger partial charge in [0.05, 0.1) is 29.7 Å². The van der Waals surface area contributed by atoms with Gasteiger partial charge in [0, 0.05) is 0 Å². The Morgan fingerprint density at radius 1 is 1.14 bits per heavy atom. The second kappa shape index (κ2) is 6.36. The van der Waals surface area contributed by atoms with Gasteiger partial charge in [-0.2, -0.15) is 10.5 Å². The zero-order valence-corrected chi connectivity index (χ0v) is 11.5. The van der Waals surface area contributed by atoms with Crippen molar-refractivity contribution in [2.75, 3.05) is 0 Å². The molecule has 2 aromatic carbocycles. The first-order valence-electron chi connectivity index (χ1n) is 6.33. The SMILES string of the molecule is CC(=O)c1ccc(C#N)cc1Oc1ccc(CC#N)cc1. The molecular formula is C17H12N2O2. The molecule has 0 heterocycles. The van der Waals surface area contributed by atoms with Crippen LogP contribution in [0.25, 0.3) is 0 Å². The fourth-order valence-electron chi connectivity index (χ4n) is 1.86. The highest BCUT2D eigenvalue weighted by Gasteiger charge is 2.10. The van der Waals surface area contributed by atoms with E-state index in [1.54, 1.807) is 42.5 Å². The number of nitriles is 2. The van der Waals surface area contributed by atoms with Gasteiger partial charge in [-0.25, -0.2) is 0 Å². The second-order valence-electron chi connectivity index (χ2n) is 4.46. The maximum Gasteiger partial charge on any atom is 0.163 e. The number of benzene rings is 2. The highest BCUT2D eigenvalue weighted by Crippen LogP contribution is 2.27. The van der Waals surface area contributed by atoms with E-state index < -0.39 is 0 Å². The molecule has 0 saturated carbocycles. The molecular weight excluding hydrogens is 264 g/mol. The minimum absolute atomic E-state index is 0.129. The molecule has 0 radical (unpaired) electrons. The maximum absolute atomic E-state index is 11.6. The summed E-state index contributed by atoms with van der Waals surface area (Å²) in [7, 11) is 0. The summed E-state index contributed by atoms with van der Waals surface area (Å²) >= 11 is 0. The average molecular weight is 276 g/mol. The van der Waals surface area contributed by atoms with Crippen molar-refractivity contribution < 1.29 is 9.53 Å². The number of carbonyl (C=O) groups is 1. The molecule has 0 saturated heterocycles. The van der Waals surface area contributed by atoms with Crippen LogP contribution in [0.2, 0.25) is 0 Å². The number of ketones is 1. The Bertz CT molecular complexity index is 750. The van der Waals surface area contributed by atoms with Crippen molar-refractivity contribution in [3.63, 3.8) is 0 Å². The summed E-state index contributed by atoms with van der Waals surface area (Å²) in [6, 6.07) is 15.8. The molecule has 0 fully saturated rings. The van der Waals surface area contributed by atoms with Crippen molar-refractivity contribution in [1.82, 2.24) is 0 Å². The van der Waals surface area contributed by atoms with E-state index >= 15 is 0 Å². The van der Waals surface area contributed by atoms with Crippen LogP contribution < -0.4 is 4.74 Å². The smallest absolute Gasteiger partial charge is 0.163 e. The third-order valence-corrected chi connectivity index (χ3v) is 2.92. The van der Waals surface area contributed by atoms with Crippen LogP contribution in [0.3, 0.4) is 0 Å². The van der Waals surface area contributed by atoms with Gasteiger partial charge in [0.15, 0.2) is 5.78 Å². The van der Waals surface area contributed by atoms with Gasteiger partial charge in [0.2, 0.25) is 0 Å². The molecule has 0 N–H and O–H groups in total. The fraction of sp³-hybridized carbons (Fsp3) is 0.118.